The summed E-state index contributed by atoms with van der Waals surface area (Å²) in [5.74, 6) is 0. The highest BCUT2D eigenvalue weighted by molar-refractivity contribution is 9.20. The lowest BCUT2D eigenvalue weighted by Crippen LogP contribution is -2.11. The van der Waals surface area contributed by atoms with Crippen LogP contribution in [0.5, 0.6) is 0 Å². The van der Waals surface area contributed by atoms with Crippen molar-refractivity contribution in [3.8, 4) is 0 Å². The van der Waals surface area contributed by atoms with Crippen LogP contribution in [0, 0.1) is 0 Å². The molecule has 0 heterocycles. The van der Waals surface area contributed by atoms with Gasteiger partial charge in [0.2, 0.25) is 4.36 Å². The van der Waals surface area contributed by atoms with Gasteiger partial charge in [0, 0.05) is 0 Å². The second kappa shape index (κ2) is 5.85. The molecule has 0 aromatic rings. The van der Waals surface area contributed by atoms with Gasteiger partial charge >= 0.3 is 7.60 Å². The molecule has 0 radical (unpaired) electrons. The average molecular weight is 288 g/mol. The van der Waals surface area contributed by atoms with E-state index in [9.17, 15) is 4.57 Å². The maximum Gasteiger partial charge on any atom is 0.390 e. The van der Waals surface area contributed by atoms with Gasteiger partial charge < -0.3 is 14.3 Å². The predicted molar refractivity (Wildman–Crippen MR) is 58.2 cm³/mol. The maximum absolute atomic E-state index is 12.0. The highest BCUT2D eigenvalue weighted by atomic mass is 79.9. The van der Waals surface area contributed by atoms with E-state index in [1.54, 1.807) is 27.7 Å². The minimum Gasteiger partial charge on any atom is -0.410 e. The third-order valence-electron chi connectivity index (χ3n) is 1.01. The molecule has 5 nitrogen and oxygen atoms in total. The lowest BCUT2D eigenvalue weighted by molar-refractivity contribution is 0.152. The fourth-order valence-electron chi connectivity index (χ4n) is 0.722. The summed E-state index contributed by atoms with van der Waals surface area (Å²) in [6, 6.07) is 0. The molecule has 0 aliphatic heterocycles. The molecule has 0 fully saturated rings. The molecule has 14 heavy (non-hydrogen) atoms. The molecule has 0 spiro atoms. The first-order chi connectivity index (χ1) is 6.31. The van der Waals surface area contributed by atoms with E-state index in [1.807, 2.05) is 0 Å². The fraction of sp³-hybridized carbons (Fsp3) is 0.857. The maximum atomic E-state index is 12.0. The van der Waals surface area contributed by atoms with Crippen LogP contribution in [0.25, 0.3) is 0 Å². The molecule has 0 saturated carbocycles. The summed E-state index contributed by atoms with van der Waals surface area (Å²) in [4.78, 5) is 0. The van der Waals surface area contributed by atoms with Gasteiger partial charge in [-0.15, -0.1) is 0 Å². The van der Waals surface area contributed by atoms with Crippen LogP contribution in [0.4, 0.5) is 0 Å². The second-order valence-electron chi connectivity index (χ2n) is 3.17. The third-order valence-corrected chi connectivity index (χ3v) is 4.41. The first-order valence-corrected chi connectivity index (χ1v) is 6.50. The van der Waals surface area contributed by atoms with Crippen LogP contribution >= 0.6 is 23.5 Å². The summed E-state index contributed by atoms with van der Waals surface area (Å²) in [5.41, 5.74) is 0. The summed E-state index contributed by atoms with van der Waals surface area (Å²) in [7, 11) is -3.51. The Labute approximate surface area is 92.1 Å². The number of hydrogen-bond donors (Lipinski definition) is 1. The van der Waals surface area contributed by atoms with Crippen molar-refractivity contribution in [2.24, 2.45) is 5.16 Å². The van der Waals surface area contributed by atoms with E-state index >= 15 is 0 Å². The lowest BCUT2D eigenvalue weighted by atomic mass is 10.5. The van der Waals surface area contributed by atoms with Crippen LogP contribution in [-0.4, -0.2) is 21.8 Å². The van der Waals surface area contributed by atoms with Crippen LogP contribution in [-0.2, 0) is 13.6 Å². The van der Waals surface area contributed by atoms with Gasteiger partial charge in [0.25, 0.3) is 0 Å². The molecular formula is C7H15BrNO4P. The van der Waals surface area contributed by atoms with Gasteiger partial charge in [0.05, 0.1) is 12.2 Å². The summed E-state index contributed by atoms with van der Waals surface area (Å²) in [6.45, 7) is 6.87. The third kappa shape index (κ3) is 4.55. The summed E-state index contributed by atoms with van der Waals surface area (Å²) in [5, 5.41) is 11.3. The van der Waals surface area contributed by atoms with E-state index in [-0.39, 0.29) is 16.6 Å². The van der Waals surface area contributed by atoms with Gasteiger partial charge in [-0.25, -0.2) is 0 Å². The van der Waals surface area contributed by atoms with Gasteiger partial charge in [-0.3, -0.25) is 4.57 Å². The van der Waals surface area contributed by atoms with E-state index in [0.717, 1.165) is 0 Å². The van der Waals surface area contributed by atoms with Crippen molar-refractivity contribution in [2.45, 2.75) is 39.9 Å². The lowest BCUT2D eigenvalue weighted by Gasteiger charge is -2.20. The molecule has 84 valence electrons. The quantitative estimate of drug-likeness (QED) is 0.365. The molecule has 0 atom stereocenters. The Morgan fingerprint density at radius 2 is 1.64 bits per heavy atom. The van der Waals surface area contributed by atoms with Crippen molar-refractivity contribution in [1.29, 1.82) is 0 Å². The van der Waals surface area contributed by atoms with Gasteiger partial charge in [0.1, 0.15) is 0 Å². The molecule has 0 unspecified atom stereocenters. The molecular weight excluding hydrogens is 273 g/mol. The zero-order chi connectivity index (χ0) is 11.4. The topological polar surface area (TPSA) is 68.1 Å². The van der Waals surface area contributed by atoms with Crippen LogP contribution in [0.2, 0.25) is 0 Å². The highest BCUT2D eigenvalue weighted by Crippen LogP contribution is 2.53. The van der Waals surface area contributed by atoms with E-state index in [1.165, 1.54) is 0 Å². The van der Waals surface area contributed by atoms with E-state index in [4.69, 9.17) is 14.3 Å². The number of nitrogens with zero attached hydrogens (tertiary/aromatic N) is 1. The molecule has 0 aliphatic carbocycles. The summed E-state index contributed by atoms with van der Waals surface area (Å²) in [6.07, 6.45) is -0.567. The molecule has 1 N–H and O–H groups in total. The zero-order valence-corrected chi connectivity index (χ0v) is 11.1. The fourth-order valence-corrected chi connectivity index (χ4v) is 2.67. The van der Waals surface area contributed by atoms with Crippen molar-refractivity contribution in [2.75, 3.05) is 0 Å². The van der Waals surface area contributed by atoms with Crippen molar-refractivity contribution in [3.05, 3.63) is 0 Å². The SMILES string of the molecule is CC(C)OP(=O)(OC(C)C)/C(Br)=N/O. The Bertz CT molecular complexity index is 240. The Morgan fingerprint density at radius 1 is 1.29 bits per heavy atom. The largest absolute Gasteiger partial charge is 0.410 e. The Hall–Kier alpha value is 0.100. The van der Waals surface area contributed by atoms with Crippen molar-refractivity contribution in [3.63, 3.8) is 0 Å². The number of hydrogen-bond acceptors (Lipinski definition) is 5. The number of oxime groups is 1. The molecule has 0 rings (SSSR count). The molecule has 0 aliphatic rings. The molecule has 0 saturated heterocycles. The smallest absolute Gasteiger partial charge is 0.390 e. The standard InChI is InChI=1S/C7H15BrNO4P/c1-5(2)12-14(11,7(8)9-10)13-6(3)4/h5-6,10H,1-4H3/b9-7+. The van der Waals surface area contributed by atoms with Crippen molar-refractivity contribution in [1.82, 2.24) is 0 Å². The second-order valence-corrected chi connectivity index (χ2v) is 6.38. The van der Waals surface area contributed by atoms with Gasteiger partial charge in [-0.05, 0) is 43.6 Å². The normalized spacial score (nSPS) is 14.1. The van der Waals surface area contributed by atoms with Crippen molar-refractivity contribution < 1.29 is 18.8 Å². The first kappa shape index (κ1) is 14.1. The molecule has 0 bridgehead atoms. The summed E-state index contributed by atoms with van der Waals surface area (Å²) < 4.78 is 22.0. The van der Waals surface area contributed by atoms with Gasteiger partial charge in [-0.2, -0.15) is 0 Å². The minimum absolute atomic E-state index is 0.215. The van der Waals surface area contributed by atoms with E-state index < -0.39 is 7.60 Å². The van der Waals surface area contributed by atoms with E-state index in [2.05, 4.69) is 21.1 Å². The van der Waals surface area contributed by atoms with Gasteiger partial charge in [0.15, 0.2) is 0 Å². The first-order valence-electron chi connectivity index (χ1n) is 4.16. The Morgan fingerprint density at radius 3 is 1.86 bits per heavy atom. The molecule has 7 heteroatoms. The van der Waals surface area contributed by atoms with Crippen LogP contribution in [0.1, 0.15) is 27.7 Å². The highest BCUT2D eigenvalue weighted by Gasteiger charge is 2.33. The molecule has 0 amide bonds. The number of rotatable bonds is 5. The van der Waals surface area contributed by atoms with Crippen LogP contribution < -0.4 is 0 Å². The average Bonchev–Trinajstić information content (AvgIpc) is 1.99. The van der Waals surface area contributed by atoms with Gasteiger partial charge in [-0.1, -0.05) is 5.16 Å². The monoisotopic (exact) mass is 287 g/mol. The molecule has 0 aromatic heterocycles. The zero-order valence-electron chi connectivity index (χ0n) is 8.60. The number of halogens is 1. The predicted octanol–water partition coefficient (Wildman–Crippen LogP) is 3.17. The summed E-state index contributed by atoms with van der Waals surface area (Å²) >= 11 is 2.84. The van der Waals surface area contributed by atoms with Crippen LogP contribution in [0.3, 0.4) is 0 Å². The van der Waals surface area contributed by atoms with Crippen LogP contribution in [0.15, 0.2) is 5.16 Å². The molecule has 0 aromatic carbocycles. The minimum atomic E-state index is -3.51. The Balaban J connectivity index is 4.77. The Kier molecular flexibility index (Phi) is 5.90. The van der Waals surface area contributed by atoms with E-state index in [0.29, 0.717) is 0 Å². The van der Waals surface area contributed by atoms with Crippen molar-refractivity contribution >= 4 is 27.9 Å².